The summed E-state index contributed by atoms with van der Waals surface area (Å²) in [5, 5.41) is 66.1. The summed E-state index contributed by atoms with van der Waals surface area (Å²) < 4.78 is 138. The number of thioether (sulfide) groups is 3. The van der Waals surface area contributed by atoms with Crippen LogP contribution in [-0.2, 0) is 41.0 Å². The third-order valence-corrected chi connectivity index (χ3v) is 22.6. The Labute approximate surface area is 598 Å². The van der Waals surface area contributed by atoms with E-state index in [2.05, 4.69) is 27.3 Å². The number of carboxylic acids is 1. The lowest BCUT2D eigenvalue weighted by atomic mass is 10.1. The number of carbonyl (C=O) groups is 1. The van der Waals surface area contributed by atoms with Crippen LogP contribution in [0.3, 0.4) is 0 Å². The second-order valence-electron chi connectivity index (χ2n) is 23.8. The number of alkyl halides is 3. The Balaban J connectivity index is 0.000000165. The van der Waals surface area contributed by atoms with Crippen molar-refractivity contribution in [2.75, 3.05) is 38.0 Å². The van der Waals surface area contributed by atoms with Crippen molar-refractivity contribution < 1.29 is 83.3 Å². The number of aliphatic hydroxyl groups is 2. The molecule has 102 heavy (non-hydrogen) atoms. The van der Waals surface area contributed by atoms with Crippen molar-refractivity contribution >= 4 is 153 Å². The van der Waals surface area contributed by atoms with Gasteiger partial charge in [-0.05, 0) is 146 Å². The standard InChI is InChI=1S/C27H27NO5S2.C24H18F3NO4S2.C24H21NO6S2/c1-17(29)16-34-25-15-24(22-7-5-6-8-23(22)26(25)30)28-35(31,32)21-12-10-18-13-20(33-27(2,3)4)11-9-19(18)14-21;1-14(29)13-33-22-12-21(19-4-2-3-5-20(19)23(22)30)28-34(31,32)18-9-7-15-6-8-17(24(25,26)27)10-16(15)11-18;1-2-31-16-10-11-17-15(12-16)6-5-9-22(17)33(29,30)25-20-13-21(32-14-23(26)27)24(28)19-8-4-3-7-18(19)20/h5-15,28-30H,1,16H2,2-4H3;2-12,28-30H,1,13H2;3-13,25,28H,2,14H2,1H3,(H,26,27). The molecule has 0 unspecified atom stereocenters. The van der Waals surface area contributed by atoms with Crippen LogP contribution in [0.2, 0.25) is 0 Å². The highest BCUT2D eigenvalue weighted by atomic mass is 32.2. The Morgan fingerprint density at radius 1 is 0.441 bits per heavy atom. The van der Waals surface area contributed by atoms with Crippen LogP contribution in [0.1, 0.15) is 33.3 Å². The molecule has 0 saturated heterocycles. The number of rotatable bonds is 21. The lowest BCUT2D eigenvalue weighted by Crippen LogP contribution is -2.22. The lowest BCUT2D eigenvalue weighted by molar-refractivity contribution is -0.137. The van der Waals surface area contributed by atoms with Gasteiger partial charge in [0, 0.05) is 37.7 Å². The number of sulfonamides is 3. The van der Waals surface area contributed by atoms with Crippen molar-refractivity contribution in [3.63, 3.8) is 0 Å². The molecule has 0 fully saturated rings. The molecular weight excluding hydrogens is 1430 g/mol. The smallest absolute Gasteiger partial charge is 0.416 e. The minimum absolute atomic E-state index is 0.0220. The number of hydrogen-bond donors (Lipinski definition) is 9. The van der Waals surface area contributed by atoms with Gasteiger partial charge in [0.1, 0.15) is 34.3 Å². The molecule has 0 aliphatic carbocycles. The quantitative estimate of drug-likeness (QED) is 0.0183. The number of hydrogen-bond acceptors (Lipinski definition) is 17. The van der Waals surface area contributed by atoms with E-state index in [4.69, 9.17) is 14.6 Å². The summed E-state index contributed by atoms with van der Waals surface area (Å²) in [7, 11) is -12.1. The summed E-state index contributed by atoms with van der Waals surface area (Å²) in [6.07, 6.45) is -4.56. The predicted molar refractivity (Wildman–Crippen MR) is 401 cm³/mol. The number of benzene rings is 12. The van der Waals surface area contributed by atoms with Crippen molar-refractivity contribution in [1.29, 1.82) is 0 Å². The Morgan fingerprint density at radius 3 is 1.31 bits per heavy atom. The maximum atomic E-state index is 13.4. The fourth-order valence-electron chi connectivity index (χ4n) is 10.7. The number of anilines is 3. The predicted octanol–water partition coefficient (Wildman–Crippen LogP) is 18.6. The molecule has 18 nitrogen and oxygen atoms in total. The third-order valence-electron chi connectivity index (χ3n) is 15.2. The van der Waals surface area contributed by atoms with Gasteiger partial charge >= 0.3 is 12.1 Å². The highest BCUT2D eigenvalue weighted by molar-refractivity contribution is 8.00. The van der Waals surface area contributed by atoms with Crippen LogP contribution in [0.25, 0.3) is 64.6 Å². The van der Waals surface area contributed by atoms with Crippen LogP contribution in [0.15, 0.2) is 254 Å². The topological polar surface area (TPSA) is 295 Å². The number of aliphatic carboxylic acids is 1. The molecule has 9 N–H and O–H groups in total. The number of nitrogens with one attached hydrogen (secondary N) is 3. The van der Waals surface area contributed by atoms with Gasteiger partial charge in [-0.1, -0.05) is 122 Å². The summed E-state index contributed by atoms with van der Waals surface area (Å²) in [5.41, 5.74) is -0.463. The van der Waals surface area contributed by atoms with Gasteiger partial charge in [-0.2, -0.15) is 13.2 Å². The molecule has 0 aliphatic rings. The Kier molecular flexibility index (Phi) is 22.3. The van der Waals surface area contributed by atoms with Crippen molar-refractivity contribution in [2.24, 2.45) is 0 Å². The lowest BCUT2D eigenvalue weighted by Gasteiger charge is -2.21. The zero-order valence-electron chi connectivity index (χ0n) is 54.7. The van der Waals surface area contributed by atoms with Gasteiger partial charge in [0.25, 0.3) is 30.1 Å². The van der Waals surface area contributed by atoms with Crippen LogP contribution in [0.5, 0.6) is 28.7 Å². The van der Waals surface area contributed by atoms with Gasteiger partial charge in [-0.25, -0.2) is 25.3 Å². The highest BCUT2D eigenvalue weighted by Crippen LogP contribution is 2.45. The van der Waals surface area contributed by atoms with E-state index in [1.807, 2.05) is 52.0 Å². The Morgan fingerprint density at radius 2 is 0.853 bits per heavy atom. The first kappa shape index (κ1) is 74.5. The maximum Gasteiger partial charge on any atom is 0.416 e. The summed E-state index contributed by atoms with van der Waals surface area (Å²) in [4.78, 5) is 12.0. The zero-order valence-corrected chi connectivity index (χ0v) is 59.6. The molecule has 0 aliphatic heterocycles. The Hall–Kier alpha value is -10.2. The molecular formula is C75H66F3N3O15S6. The van der Waals surface area contributed by atoms with Gasteiger partial charge in [0.05, 0.1) is 87.4 Å². The van der Waals surface area contributed by atoms with Crippen LogP contribution in [-0.4, -0.2) is 91.3 Å². The first-order valence-corrected chi connectivity index (χ1v) is 38.2. The Bertz CT molecular complexity index is 5640. The minimum Gasteiger partial charge on any atom is -0.512 e. The van der Waals surface area contributed by atoms with Crippen LogP contribution in [0.4, 0.5) is 30.2 Å². The van der Waals surface area contributed by atoms with E-state index in [-0.39, 0.29) is 88.0 Å². The summed E-state index contributed by atoms with van der Waals surface area (Å²) in [6.45, 7) is 15.1. The fraction of sp³-hybridized carbons (Fsp3) is 0.133. The number of aliphatic hydroxyl groups excluding tert-OH is 2. The maximum absolute atomic E-state index is 13.4. The first-order chi connectivity index (χ1) is 48.2. The number of phenolic OH excluding ortho intramolecular Hbond substituents is 3. The molecule has 12 rings (SSSR count). The number of fused-ring (bicyclic) bond motifs is 6. The van der Waals surface area contributed by atoms with Crippen LogP contribution >= 0.6 is 35.3 Å². The average Bonchev–Trinajstić information content (AvgIpc) is 0.777. The SMILES string of the molecule is C=C(O)CSc1cc(NS(=O)(=O)c2ccc3cc(OC(C)(C)C)ccc3c2)c2ccccc2c1O.C=C(O)CSc1cc(NS(=O)(=O)c2ccc3ccc(C(F)(F)F)cc3c2)c2ccccc2c1O.CCOc1ccc2c(S(=O)(=O)Nc3cc(SCC(=O)O)c(O)c4ccccc34)cccc2c1. The number of carboxylic acid groups (broad SMARTS) is 1. The van der Waals surface area contributed by atoms with Crippen LogP contribution < -0.4 is 23.6 Å². The molecule has 12 aromatic carbocycles. The van der Waals surface area contributed by atoms with E-state index in [0.717, 1.165) is 51.8 Å². The van der Waals surface area contributed by atoms with Gasteiger partial charge in [0.2, 0.25) is 0 Å². The van der Waals surface area contributed by atoms with Crippen molar-refractivity contribution in [3.8, 4) is 28.7 Å². The molecule has 0 spiro atoms. The molecule has 0 amide bonds. The minimum atomic E-state index is -4.56. The van der Waals surface area contributed by atoms with Crippen molar-refractivity contribution in [3.05, 3.63) is 230 Å². The first-order valence-electron chi connectivity index (χ1n) is 30.8. The zero-order chi connectivity index (χ0) is 73.6. The largest absolute Gasteiger partial charge is 0.512 e. The third kappa shape index (κ3) is 17.8. The van der Waals surface area contributed by atoms with Gasteiger partial charge < -0.3 is 40.1 Å². The van der Waals surface area contributed by atoms with E-state index >= 15 is 0 Å². The van der Waals surface area contributed by atoms with Gasteiger partial charge in [0.15, 0.2) is 0 Å². The van der Waals surface area contributed by atoms with Crippen LogP contribution in [0, 0.1) is 0 Å². The van der Waals surface area contributed by atoms with E-state index < -0.39 is 47.8 Å². The van der Waals surface area contributed by atoms with E-state index in [1.54, 1.807) is 121 Å². The summed E-state index contributed by atoms with van der Waals surface area (Å²) in [5.74, 6) is -0.000332. The molecule has 0 heterocycles. The number of ether oxygens (including phenoxy) is 2. The molecule has 0 saturated carbocycles. The molecule has 27 heteroatoms. The molecule has 0 radical (unpaired) electrons. The van der Waals surface area contributed by atoms with Gasteiger partial charge in [-0.3, -0.25) is 19.0 Å². The summed E-state index contributed by atoms with van der Waals surface area (Å²) in [6, 6.07) is 52.6. The molecule has 0 aromatic heterocycles. The second-order valence-corrected chi connectivity index (χ2v) is 31.9. The molecule has 528 valence electrons. The molecule has 0 atom stereocenters. The molecule has 0 bridgehead atoms. The van der Waals surface area contributed by atoms with E-state index in [9.17, 15) is 68.8 Å². The van der Waals surface area contributed by atoms with Crippen molar-refractivity contribution in [2.45, 2.75) is 68.8 Å². The van der Waals surface area contributed by atoms with E-state index in [0.29, 0.717) is 76.7 Å². The van der Waals surface area contributed by atoms with Crippen molar-refractivity contribution in [1.82, 2.24) is 0 Å². The molecule has 12 aromatic rings. The number of aromatic hydroxyl groups is 3. The fourth-order valence-corrected chi connectivity index (χ4v) is 16.5. The average molecular weight is 1500 g/mol. The normalized spacial score (nSPS) is 12.0. The second kappa shape index (κ2) is 30.6. The summed E-state index contributed by atoms with van der Waals surface area (Å²) >= 11 is 3.15. The van der Waals surface area contributed by atoms with E-state index in [1.165, 1.54) is 54.2 Å². The number of halogens is 3. The van der Waals surface area contributed by atoms with Gasteiger partial charge in [-0.15, -0.1) is 35.3 Å². The monoisotopic (exact) mass is 1500 g/mol. The number of phenols is 3. The highest BCUT2D eigenvalue weighted by Gasteiger charge is 2.31.